The van der Waals surface area contributed by atoms with Crippen LogP contribution in [0.5, 0.6) is 5.75 Å². The van der Waals surface area contributed by atoms with Crippen molar-refractivity contribution in [2.45, 2.75) is 39.0 Å². The Morgan fingerprint density at radius 2 is 1.92 bits per heavy atom. The lowest BCUT2D eigenvalue weighted by atomic mass is 10.2. The van der Waals surface area contributed by atoms with Crippen LogP contribution in [0.1, 0.15) is 30.9 Å². The third-order valence-corrected chi connectivity index (χ3v) is 4.76. The minimum atomic E-state index is 0.616. The van der Waals surface area contributed by atoms with E-state index < -0.39 is 0 Å². The molecule has 24 heavy (non-hydrogen) atoms. The first-order valence-corrected chi connectivity index (χ1v) is 9.05. The predicted octanol–water partition coefficient (Wildman–Crippen LogP) is 3.84. The molecule has 1 aliphatic rings. The van der Waals surface area contributed by atoms with Gasteiger partial charge in [0.15, 0.2) is 0 Å². The number of hydrogen-bond acceptors (Lipinski definition) is 3. The molecular formula is C21H28N2O. The molecule has 1 N–H and O–H groups in total. The van der Waals surface area contributed by atoms with Crippen molar-refractivity contribution in [2.75, 3.05) is 19.6 Å². The highest BCUT2D eigenvalue weighted by Gasteiger charge is 2.21. The van der Waals surface area contributed by atoms with E-state index in [2.05, 4.69) is 47.5 Å². The molecule has 2 aromatic carbocycles. The maximum Gasteiger partial charge on any atom is 0.120 e. The highest BCUT2D eigenvalue weighted by Crippen LogP contribution is 2.17. The standard InChI is InChI=1S/C21H28N2O/c1-2-23-13-7-11-20(23)16-22-15-19-10-6-12-21(14-19)24-17-18-8-4-3-5-9-18/h3-6,8-10,12,14,20,22H,2,7,11,13,15-17H2,1H3. The van der Waals surface area contributed by atoms with E-state index in [0.717, 1.165) is 25.4 Å². The molecule has 1 aliphatic heterocycles. The summed E-state index contributed by atoms with van der Waals surface area (Å²) in [6.45, 7) is 7.26. The number of rotatable bonds is 8. The number of nitrogens with zero attached hydrogens (tertiary/aromatic N) is 1. The smallest absolute Gasteiger partial charge is 0.120 e. The van der Waals surface area contributed by atoms with Gasteiger partial charge in [-0.15, -0.1) is 0 Å². The van der Waals surface area contributed by atoms with Crippen LogP contribution < -0.4 is 10.1 Å². The van der Waals surface area contributed by atoms with Crippen LogP contribution in [0.2, 0.25) is 0 Å². The second kappa shape index (κ2) is 8.86. The zero-order chi connectivity index (χ0) is 16.6. The van der Waals surface area contributed by atoms with E-state index in [0.29, 0.717) is 12.6 Å². The van der Waals surface area contributed by atoms with Gasteiger partial charge >= 0.3 is 0 Å². The van der Waals surface area contributed by atoms with E-state index in [9.17, 15) is 0 Å². The van der Waals surface area contributed by atoms with E-state index in [1.54, 1.807) is 0 Å². The van der Waals surface area contributed by atoms with Crippen LogP contribution in [0.15, 0.2) is 54.6 Å². The molecule has 128 valence electrons. The molecule has 1 saturated heterocycles. The van der Waals surface area contributed by atoms with E-state index in [-0.39, 0.29) is 0 Å². The molecule has 1 atom stereocenters. The van der Waals surface area contributed by atoms with Crippen LogP contribution in [0.25, 0.3) is 0 Å². The van der Waals surface area contributed by atoms with Gasteiger partial charge in [-0.05, 0) is 49.2 Å². The van der Waals surface area contributed by atoms with Gasteiger partial charge in [-0.3, -0.25) is 4.90 Å². The monoisotopic (exact) mass is 324 g/mol. The van der Waals surface area contributed by atoms with Crippen LogP contribution in [0, 0.1) is 0 Å². The average molecular weight is 324 g/mol. The van der Waals surface area contributed by atoms with Gasteiger partial charge in [0.25, 0.3) is 0 Å². The Balaban J connectivity index is 1.46. The highest BCUT2D eigenvalue weighted by atomic mass is 16.5. The fourth-order valence-corrected chi connectivity index (χ4v) is 3.41. The van der Waals surface area contributed by atoms with Crippen molar-refractivity contribution in [1.82, 2.24) is 10.2 Å². The minimum Gasteiger partial charge on any atom is -0.489 e. The number of ether oxygens (including phenoxy) is 1. The Bertz CT molecular complexity index is 614. The Kier molecular flexibility index (Phi) is 6.27. The molecular weight excluding hydrogens is 296 g/mol. The molecule has 0 aromatic heterocycles. The first kappa shape index (κ1) is 17.0. The predicted molar refractivity (Wildman–Crippen MR) is 99.2 cm³/mol. The summed E-state index contributed by atoms with van der Waals surface area (Å²) in [5.41, 5.74) is 2.48. The molecule has 0 spiro atoms. The first-order chi connectivity index (χ1) is 11.8. The number of hydrogen-bond donors (Lipinski definition) is 1. The Morgan fingerprint density at radius 3 is 2.75 bits per heavy atom. The summed E-state index contributed by atoms with van der Waals surface area (Å²) in [6.07, 6.45) is 2.66. The lowest BCUT2D eigenvalue weighted by Gasteiger charge is -2.23. The molecule has 3 nitrogen and oxygen atoms in total. The van der Waals surface area contributed by atoms with E-state index in [4.69, 9.17) is 4.74 Å². The largest absolute Gasteiger partial charge is 0.489 e. The number of likely N-dealkylation sites (N-methyl/N-ethyl adjacent to an activating group) is 1. The van der Waals surface area contributed by atoms with Gasteiger partial charge in [0.1, 0.15) is 12.4 Å². The van der Waals surface area contributed by atoms with Crippen LogP contribution in [-0.2, 0) is 13.2 Å². The summed E-state index contributed by atoms with van der Waals surface area (Å²) in [4.78, 5) is 2.58. The molecule has 1 fully saturated rings. The highest BCUT2D eigenvalue weighted by molar-refractivity contribution is 5.29. The van der Waals surface area contributed by atoms with Crippen LogP contribution in [-0.4, -0.2) is 30.6 Å². The van der Waals surface area contributed by atoms with Crippen LogP contribution in [0.3, 0.4) is 0 Å². The van der Waals surface area contributed by atoms with Gasteiger partial charge in [-0.1, -0.05) is 49.4 Å². The normalized spacial score (nSPS) is 18.0. The van der Waals surface area contributed by atoms with Gasteiger partial charge in [-0.2, -0.15) is 0 Å². The summed E-state index contributed by atoms with van der Waals surface area (Å²) in [6, 6.07) is 19.4. The maximum absolute atomic E-state index is 5.91. The summed E-state index contributed by atoms with van der Waals surface area (Å²) in [7, 11) is 0. The van der Waals surface area contributed by atoms with E-state index in [1.165, 1.54) is 30.5 Å². The van der Waals surface area contributed by atoms with Crippen molar-refractivity contribution in [3.05, 3.63) is 65.7 Å². The molecule has 0 bridgehead atoms. The molecule has 0 saturated carbocycles. The minimum absolute atomic E-state index is 0.616. The molecule has 2 aromatic rings. The second-order valence-electron chi connectivity index (χ2n) is 6.48. The summed E-state index contributed by atoms with van der Waals surface area (Å²) >= 11 is 0. The van der Waals surface area contributed by atoms with Gasteiger partial charge in [0, 0.05) is 19.1 Å². The first-order valence-electron chi connectivity index (χ1n) is 9.05. The van der Waals surface area contributed by atoms with Crippen molar-refractivity contribution in [3.8, 4) is 5.75 Å². The lowest BCUT2D eigenvalue weighted by molar-refractivity contribution is 0.260. The van der Waals surface area contributed by atoms with Gasteiger partial charge in [0.2, 0.25) is 0 Å². The second-order valence-corrected chi connectivity index (χ2v) is 6.48. The van der Waals surface area contributed by atoms with Crippen molar-refractivity contribution in [1.29, 1.82) is 0 Å². The molecule has 3 heteroatoms. The van der Waals surface area contributed by atoms with Crippen molar-refractivity contribution in [3.63, 3.8) is 0 Å². The third-order valence-electron chi connectivity index (χ3n) is 4.76. The maximum atomic E-state index is 5.91. The SMILES string of the molecule is CCN1CCCC1CNCc1cccc(OCc2ccccc2)c1. The molecule has 0 aliphatic carbocycles. The molecule has 0 amide bonds. The molecule has 3 rings (SSSR count). The molecule has 1 heterocycles. The zero-order valence-electron chi connectivity index (χ0n) is 14.6. The average Bonchev–Trinajstić information content (AvgIpc) is 3.09. The Labute approximate surface area is 145 Å². The summed E-state index contributed by atoms with van der Waals surface area (Å²) < 4.78 is 5.91. The van der Waals surface area contributed by atoms with Crippen LogP contribution in [0.4, 0.5) is 0 Å². The van der Waals surface area contributed by atoms with Gasteiger partial charge in [0.05, 0.1) is 0 Å². The Hall–Kier alpha value is -1.84. The van der Waals surface area contributed by atoms with Gasteiger partial charge < -0.3 is 10.1 Å². The number of nitrogens with one attached hydrogen (secondary N) is 1. The third kappa shape index (κ3) is 4.83. The van der Waals surface area contributed by atoms with Crippen molar-refractivity contribution >= 4 is 0 Å². The topological polar surface area (TPSA) is 24.5 Å². The number of likely N-dealkylation sites (tertiary alicyclic amines) is 1. The lowest BCUT2D eigenvalue weighted by Crippen LogP contribution is -2.37. The molecule has 1 unspecified atom stereocenters. The number of benzene rings is 2. The fraction of sp³-hybridized carbons (Fsp3) is 0.429. The van der Waals surface area contributed by atoms with Gasteiger partial charge in [-0.25, -0.2) is 0 Å². The summed E-state index contributed by atoms with van der Waals surface area (Å²) in [5, 5.41) is 3.61. The van der Waals surface area contributed by atoms with E-state index >= 15 is 0 Å². The quantitative estimate of drug-likeness (QED) is 0.798. The fourth-order valence-electron chi connectivity index (χ4n) is 3.41. The summed E-state index contributed by atoms with van der Waals surface area (Å²) in [5.74, 6) is 0.939. The van der Waals surface area contributed by atoms with Crippen molar-refractivity contribution in [2.24, 2.45) is 0 Å². The van der Waals surface area contributed by atoms with E-state index in [1.807, 2.05) is 24.3 Å². The Morgan fingerprint density at radius 1 is 1.08 bits per heavy atom. The molecule has 0 radical (unpaired) electrons. The zero-order valence-corrected chi connectivity index (χ0v) is 14.6. The van der Waals surface area contributed by atoms with Crippen LogP contribution >= 0.6 is 0 Å². The van der Waals surface area contributed by atoms with Crippen molar-refractivity contribution < 1.29 is 4.74 Å².